The van der Waals surface area contributed by atoms with E-state index in [4.69, 9.17) is 0 Å². The van der Waals surface area contributed by atoms with Crippen LogP contribution in [0.1, 0.15) is 328 Å². The van der Waals surface area contributed by atoms with Crippen LogP contribution >= 0.6 is 0 Å². The molecule has 0 aromatic heterocycles. The van der Waals surface area contributed by atoms with Crippen molar-refractivity contribution in [3.8, 4) is 0 Å². The topological polar surface area (TPSA) is 110 Å². The third-order valence-electron chi connectivity index (χ3n) is 14.2. The predicted octanol–water partition coefficient (Wildman–Crippen LogP) is 17.3. The first-order chi connectivity index (χ1) is 32.0. The Morgan fingerprint density at radius 1 is 0.369 bits per heavy atom. The molecule has 0 aromatic carbocycles. The summed E-state index contributed by atoms with van der Waals surface area (Å²) in [6.07, 6.45) is 64.4. The highest BCUT2D eigenvalue weighted by molar-refractivity contribution is 5.80. The maximum Gasteiger partial charge on any atom is 0.249 e. The summed E-state index contributed by atoms with van der Waals surface area (Å²) in [6.45, 7) is 4.09. The Bertz CT molecular complexity index is 944. The van der Waals surface area contributed by atoms with Gasteiger partial charge < -0.3 is 25.7 Å². The van der Waals surface area contributed by atoms with Gasteiger partial charge in [0, 0.05) is 0 Å². The number of nitrogens with one attached hydrogen (secondary N) is 1. The molecule has 0 heterocycles. The number of rotatable bonds is 55. The highest BCUT2D eigenvalue weighted by atomic mass is 16.3. The summed E-state index contributed by atoms with van der Waals surface area (Å²) >= 11 is 0. The van der Waals surface area contributed by atoms with Crippen LogP contribution in [0.25, 0.3) is 0 Å². The van der Waals surface area contributed by atoms with Crippen LogP contribution in [0, 0.1) is 0 Å². The predicted molar refractivity (Wildman–Crippen MR) is 284 cm³/mol. The average molecular weight is 921 g/mol. The molecule has 0 spiro atoms. The second-order valence-electron chi connectivity index (χ2n) is 20.7. The van der Waals surface area contributed by atoms with Gasteiger partial charge in [-0.15, -0.1) is 0 Å². The van der Waals surface area contributed by atoms with Gasteiger partial charge in [-0.05, 0) is 38.5 Å². The fourth-order valence-corrected chi connectivity index (χ4v) is 9.59. The molecule has 0 saturated heterocycles. The van der Waals surface area contributed by atoms with Crippen LogP contribution in [0.2, 0.25) is 0 Å². The summed E-state index contributed by atoms with van der Waals surface area (Å²) in [5.41, 5.74) is 0. The molecule has 4 unspecified atom stereocenters. The highest BCUT2D eigenvalue weighted by Gasteiger charge is 2.28. The van der Waals surface area contributed by atoms with Crippen molar-refractivity contribution < 1.29 is 25.2 Å². The molecule has 0 rings (SSSR count). The zero-order chi connectivity index (χ0) is 47.4. The largest absolute Gasteiger partial charge is 0.394 e. The first-order valence-electron chi connectivity index (χ1n) is 29.6. The molecule has 388 valence electrons. The first kappa shape index (κ1) is 64.0. The Balaban J connectivity index is 3.59. The number of unbranched alkanes of at least 4 members (excludes halogenated alkanes) is 44. The van der Waals surface area contributed by atoms with Crippen LogP contribution in [-0.4, -0.2) is 57.3 Å². The van der Waals surface area contributed by atoms with E-state index in [-0.39, 0.29) is 0 Å². The zero-order valence-corrected chi connectivity index (χ0v) is 44.0. The van der Waals surface area contributed by atoms with Crippen molar-refractivity contribution in [1.82, 2.24) is 5.32 Å². The molecule has 0 aliphatic rings. The van der Waals surface area contributed by atoms with Crippen LogP contribution in [0.15, 0.2) is 12.2 Å². The van der Waals surface area contributed by atoms with E-state index in [1.165, 1.54) is 263 Å². The molecule has 65 heavy (non-hydrogen) atoms. The number of aliphatic hydroxyl groups is 4. The molecule has 6 nitrogen and oxygen atoms in total. The van der Waals surface area contributed by atoms with Crippen molar-refractivity contribution in [2.24, 2.45) is 0 Å². The lowest BCUT2D eigenvalue weighted by Crippen LogP contribution is -2.53. The van der Waals surface area contributed by atoms with Crippen LogP contribution in [-0.2, 0) is 4.79 Å². The standard InChI is InChI=1S/C59H117NO5/c1-3-5-7-9-11-13-15-17-19-21-23-25-26-27-28-29-30-31-33-35-37-39-41-43-45-47-49-51-53-57(63)59(65)60-55(54-61)58(64)56(62)52-50-48-46-44-42-40-38-36-34-32-24-22-20-18-16-14-12-10-8-6-4-2/h44,46,55-58,61-64H,3-43,45,47-54H2,1-2H3,(H,60,65)/b46-44+. The van der Waals surface area contributed by atoms with Gasteiger partial charge in [-0.1, -0.05) is 302 Å². The van der Waals surface area contributed by atoms with E-state index in [2.05, 4.69) is 31.3 Å². The number of carbonyl (C=O) groups excluding carboxylic acids is 1. The van der Waals surface area contributed by atoms with E-state index in [1.807, 2.05) is 0 Å². The van der Waals surface area contributed by atoms with E-state index < -0.39 is 36.9 Å². The van der Waals surface area contributed by atoms with Gasteiger partial charge in [0.25, 0.3) is 0 Å². The SMILES string of the molecule is CCCCCCCCCCCCCCCCCC/C=C/CCCC(O)C(O)C(CO)NC(=O)C(O)CCCCCCCCCCCCCCCCCCCCCCCCCCCCCC. The Kier molecular flexibility index (Phi) is 53.2. The van der Waals surface area contributed by atoms with Gasteiger partial charge in [0.1, 0.15) is 12.2 Å². The van der Waals surface area contributed by atoms with Crippen LogP contribution in [0.4, 0.5) is 0 Å². The highest BCUT2D eigenvalue weighted by Crippen LogP contribution is 2.18. The monoisotopic (exact) mass is 920 g/mol. The second kappa shape index (κ2) is 54.0. The molecule has 0 aromatic rings. The molecule has 1 amide bonds. The van der Waals surface area contributed by atoms with Crippen LogP contribution < -0.4 is 5.32 Å². The summed E-state index contributed by atoms with van der Waals surface area (Å²) in [6, 6.07) is -0.999. The van der Waals surface area contributed by atoms with Crippen molar-refractivity contribution in [1.29, 1.82) is 0 Å². The average Bonchev–Trinajstić information content (AvgIpc) is 3.31. The number of allylic oxidation sites excluding steroid dienone is 2. The third-order valence-corrected chi connectivity index (χ3v) is 14.2. The fraction of sp³-hybridized carbons (Fsp3) is 0.949. The zero-order valence-electron chi connectivity index (χ0n) is 44.0. The van der Waals surface area contributed by atoms with E-state index in [9.17, 15) is 25.2 Å². The Hall–Kier alpha value is -0.950. The molecular formula is C59H117NO5. The summed E-state index contributed by atoms with van der Waals surface area (Å²) in [5, 5.41) is 44.0. The van der Waals surface area contributed by atoms with Crippen molar-refractivity contribution in [2.75, 3.05) is 6.61 Å². The Morgan fingerprint density at radius 2 is 0.631 bits per heavy atom. The molecule has 5 N–H and O–H groups in total. The normalized spacial score (nSPS) is 13.8. The maximum absolute atomic E-state index is 12.6. The minimum Gasteiger partial charge on any atom is -0.394 e. The minimum atomic E-state index is -1.28. The minimum absolute atomic E-state index is 0.369. The van der Waals surface area contributed by atoms with Crippen molar-refractivity contribution in [2.45, 2.75) is 353 Å². The summed E-state index contributed by atoms with van der Waals surface area (Å²) in [4.78, 5) is 12.6. The van der Waals surface area contributed by atoms with E-state index in [0.717, 1.165) is 38.5 Å². The van der Waals surface area contributed by atoms with Crippen LogP contribution in [0.3, 0.4) is 0 Å². The number of hydrogen-bond donors (Lipinski definition) is 5. The van der Waals surface area contributed by atoms with E-state index in [0.29, 0.717) is 12.8 Å². The lowest BCUT2D eigenvalue weighted by molar-refractivity contribution is -0.132. The number of carbonyl (C=O) groups is 1. The lowest BCUT2D eigenvalue weighted by Gasteiger charge is -2.27. The summed E-state index contributed by atoms with van der Waals surface area (Å²) < 4.78 is 0. The molecule has 0 radical (unpaired) electrons. The molecule has 0 aliphatic heterocycles. The van der Waals surface area contributed by atoms with Gasteiger partial charge in [0.2, 0.25) is 5.91 Å². The lowest BCUT2D eigenvalue weighted by atomic mass is 10.00. The molecule has 6 heteroatoms. The number of amides is 1. The second-order valence-corrected chi connectivity index (χ2v) is 20.7. The first-order valence-corrected chi connectivity index (χ1v) is 29.6. The van der Waals surface area contributed by atoms with Gasteiger partial charge >= 0.3 is 0 Å². The van der Waals surface area contributed by atoms with E-state index in [1.54, 1.807) is 0 Å². The quantitative estimate of drug-likeness (QED) is 0.0308. The van der Waals surface area contributed by atoms with Crippen molar-refractivity contribution in [3.63, 3.8) is 0 Å². The van der Waals surface area contributed by atoms with Crippen molar-refractivity contribution in [3.05, 3.63) is 12.2 Å². The summed E-state index contributed by atoms with van der Waals surface area (Å²) in [7, 11) is 0. The Labute approximate surface area is 406 Å². The van der Waals surface area contributed by atoms with E-state index >= 15 is 0 Å². The molecule has 4 atom stereocenters. The number of aliphatic hydroxyl groups excluding tert-OH is 4. The molecule has 0 aliphatic carbocycles. The molecule has 0 saturated carbocycles. The van der Waals surface area contributed by atoms with Gasteiger partial charge in [-0.3, -0.25) is 4.79 Å². The van der Waals surface area contributed by atoms with Gasteiger partial charge in [0.15, 0.2) is 0 Å². The summed E-state index contributed by atoms with van der Waals surface area (Å²) in [5.74, 6) is -0.586. The van der Waals surface area contributed by atoms with Crippen molar-refractivity contribution >= 4 is 5.91 Å². The van der Waals surface area contributed by atoms with Crippen LogP contribution in [0.5, 0.6) is 0 Å². The third kappa shape index (κ3) is 47.9. The molecule has 0 fully saturated rings. The van der Waals surface area contributed by atoms with Gasteiger partial charge in [0.05, 0.1) is 18.8 Å². The molecule has 0 bridgehead atoms. The number of hydrogen-bond acceptors (Lipinski definition) is 5. The van der Waals surface area contributed by atoms with Gasteiger partial charge in [-0.25, -0.2) is 0 Å². The smallest absolute Gasteiger partial charge is 0.249 e. The maximum atomic E-state index is 12.6. The molecular weight excluding hydrogens is 803 g/mol. The van der Waals surface area contributed by atoms with Gasteiger partial charge in [-0.2, -0.15) is 0 Å². The fourth-order valence-electron chi connectivity index (χ4n) is 9.59. The Morgan fingerprint density at radius 3 is 0.923 bits per heavy atom.